The zero-order valence-electron chi connectivity index (χ0n) is 21.0. The molecule has 40 heavy (non-hydrogen) atoms. The van der Waals surface area contributed by atoms with E-state index in [2.05, 4.69) is 14.8 Å². The molecular formula is C26H20ClF4NO8. The van der Waals surface area contributed by atoms with E-state index in [1.165, 1.54) is 55.8 Å². The van der Waals surface area contributed by atoms with E-state index in [0.29, 0.717) is 5.56 Å². The number of rotatable bonds is 9. The first-order chi connectivity index (χ1) is 18.7. The fraction of sp³-hybridized carbons (Fsp3) is 0.231. The van der Waals surface area contributed by atoms with Gasteiger partial charge in [-0.15, -0.1) is 0 Å². The minimum absolute atomic E-state index is 0.0145. The molecule has 0 amide bonds. The number of benzene rings is 2. The molecule has 0 fully saturated rings. The van der Waals surface area contributed by atoms with E-state index in [0.717, 1.165) is 19.9 Å². The van der Waals surface area contributed by atoms with Gasteiger partial charge in [-0.25, -0.2) is 28.7 Å². The fourth-order valence-corrected chi connectivity index (χ4v) is 3.21. The summed E-state index contributed by atoms with van der Waals surface area (Å²) in [6.45, 7) is 2.22. The maximum absolute atomic E-state index is 13.2. The van der Waals surface area contributed by atoms with Crippen LogP contribution in [0.3, 0.4) is 0 Å². The summed E-state index contributed by atoms with van der Waals surface area (Å²) in [7, 11) is 1.33. The first-order valence-electron chi connectivity index (χ1n) is 11.2. The van der Waals surface area contributed by atoms with Crippen LogP contribution in [-0.2, 0) is 26.0 Å². The number of methoxy groups -OCH3 is 1. The fourth-order valence-electron chi connectivity index (χ4n) is 2.99. The summed E-state index contributed by atoms with van der Waals surface area (Å²) in [5.41, 5.74) is -1.49. The molecule has 0 bridgehead atoms. The van der Waals surface area contributed by atoms with Crippen molar-refractivity contribution in [3.63, 3.8) is 0 Å². The highest BCUT2D eigenvalue weighted by atomic mass is 35.5. The molecule has 0 saturated heterocycles. The minimum atomic E-state index is -5.39. The molecule has 3 rings (SSSR count). The van der Waals surface area contributed by atoms with Gasteiger partial charge in [0.1, 0.15) is 23.9 Å². The van der Waals surface area contributed by atoms with Gasteiger partial charge in [-0.05, 0) is 44.2 Å². The van der Waals surface area contributed by atoms with E-state index in [4.69, 9.17) is 25.8 Å². The Labute approximate surface area is 229 Å². The van der Waals surface area contributed by atoms with Gasteiger partial charge in [-0.3, -0.25) is 4.79 Å². The molecule has 0 saturated carbocycles. The summed E-state index contributed by atoms with van der Waals surface area (Å²) in [5, 5.41) is 0.171. The molecule has 14 heteroatoms. The molecule has 212 valence electrons. The first kappa shape index (κ1) is 30.2. The van der Waals surface area contributed by atoms with Crippen molar-refractivity contribution in [3.05, 3.63) is 82.3 Å². The van der Waals surface area contributed by atoms with Gasteiger partial charge in [-0.1, -0.05) is 17.7 Å². The van der Waals surface area contributed by atoms with E-state index < -0.39 is 35.3 Å². The summed E-state index contributed by atoms with van der Waals surface area (Å²) in [4.78, 5) is 48.0. The van der Waals surface area contributed by atoms with Gasteiger partial charge in [0, 0.05) is 29.5 Å². The van der Waals surface area contributed by atoms with Gasteiger partial charge >= 0.3 is 18.1 Å². The van der Waals surface area contributed by atoms with Crippen molar-refractivity contribution >= 4 is 29.3 Å². The Balaban J connectivity index is 1.76. The van der Waals surface area contributed by atoms with Crippen LogP contribution in [0, 0.1) is 5.82 Å². The molecule has 0 atom stereocenters. The Morgan fingerprint density at radius 3 is 2.25 bits per heavy atom. The Morgan fingerprint density at radius 2 is 1.65 bits per heavy atom. The van der Waals surface area contributed by atoms with Crippen LogP contribution in [-0.4, -0.2) is 41.6 Å². The van der Waals surface area contributed by atoms with Crippen LogP contribution in [0.15, 0.2) is 54.7 Å². The Bertz CT molecular complexity index is 1410. The lowest BCUT2D eigenvalue weighted by atomic mass is 10.0. The third-order valence-electron chi connectivity index (χ3n) is 5.10. The molecule has 3 aromatic rings. The predicted molar refractivity (Wildman–Crippen MR) is 129 cm³/mol. The lowest BCUT2D eigenvalue weighted by molar-refractivity contribution is -0.291. The van der Waals surface area contributed by atoms with Gasteiger partial charge in [0.2, 0.25) is 11.5 Å². The van der Waals surface area contributed by atoms with Crippen molar-refractivity contribution < 1.29 is 55.9 Å². The summed E-state index contributed by atoms with van der Waals surface area (Å²) in [6.07, 6.45) is -4.17. The summed E-state index contributed by atoms with van der Waals surface area (Å²) >= 11 is 5.98. The Kier molecular flexibility index (Phi) is 9.20. The van der Waals surface area contributed by atoms with Crippen LogP contribution in [0.5, 0.6) is 17.4 Å². The number of ether oxygens (including phenoxy) is 3. The van der Waals surface area contributed by atoms with Gasteiger partial charge in [0.05, 0.1) is 17.7 Å². The third kappa shape index (κ3) is 7.59. The molecule has 0 aliphatic heterocycles. The average Bonchev–Trinajstić information content (AvgIpc) is 2.90. The van der Waals surface area contributed by atoms with Crippen LogP contribution >= 0.6 is 11.6 Å². The van der Waals surface area contributed by atoms with Crippen LogP contribution in [0.2, 0.25) is 5.02 Å². The van der Waals surface area contributed by atoms with Crippen molar-refractivity contribution in [2.24, 2.45) is 0 Å². The average molecular weight is 586 g/mol. The molecule has 0 spiro atoms. The van der Waals surface area contributed by atoms with Gasteiger partial charge in [0.25, 0.3) is 0 Å². The first-order valence-corrected chi connectivity index (χ1v) is 11.5. The highest BCUT2D eigenvalue weighted by Gasteiger charge is 2.44. The number of hydrogen-bond donors (Lipinski definition) is 0. The summed E-state index contributed by atoms with van der Waals surface area (Å²) in [6, 6.07) is 10.7. The van der Waals surface area contributed by atoms with Gasteiger partial charge < -0.3 is 14.2 Å². The molecule has 0 unspecified atom stereocenters. The Morgan fingerprint density at radius 1 is 0.950 bits per heavy atom. The van der Waals surface area contributed by atoms with Crippen LogP contribution in [0.4, 0.5) is 17.6 Å². The van der Waals surface area contributed by atoms with Crippen molar-refractivity contribution in [2.45, 2.75) is 32.2 Å². The monoisotopic (exact) mass is 585 g/mol. The zero-order chi connectivity index (χ0) is 29.7. The summed E-state index contributed by atoms with van der Waals surface area (Å²) < 4.78 is 66.4. The summed E-state index contributed by atoms with van der Waals surface area (Å²) in [5.74, 6) is -5.17. The smallest absolute Gasteiger partial charge is 0.495 e. The van der Waals surface area contributed by atoms with Gasteiger partial charge in [-0.2, -0.15) is 13.2 Å². The molecule has 0 radical (unpaired) electrons. The van der Waals surface area contributed by atoms with Crippen LogP contribution in [0.25, 0.3) is 0 Å². The number of hydrogen-bond acceptors (Lipinski definition) is 9. The Hall–Kier alpha value is -4.39. The third-order valence-corrected chi connectivity index (χ3v) is 5.46. The lowest BCUT2D eigenvalue weighted by Crippen LogP contribution is -2.41. The highest BCUT2D eigenvalue weighted by Crippen LogP contribution is 2.31. The molecule has 1 aromatic heterocycles. The molecule has 2 aromatic carbocycles. The van der Waals surface area contributed by atoms with E-state index in [1.54, 1.807) is 0 Å². The minimum Gasteiger partial charge on any atom is -0.497 e. The number of ketones is 1. The predicted octanol–water partition coefficient (Wildman–Crippen LogP) is 5.41. The molecular weight excluding hydrogens is 566 g/mol. The molecule has 1 heterocycles. The van der Waals surface area contributed by atoms with Gasteiger partial charge in [0.15, 0.2) is 5.78 Å². The maximum Gasteiger partial charge on any atom is 0.495 e. The van der Waals surface area contributed by atoms with Crippen LogP contribution < -0.4 is 14.2 Å². The van der Waals surface area contributed by atoms with E-state index in [1.807, 2.05) is 0 Å². The second-order valence-electron chi connectivity index (χ2n) is 8.45. The molecule has 0 N–H and O–H groups in total. The topological polar surface area (TPSA) is 110 Å². The molecule has 0 aliphatic rings. The number of carbonyl (C=O) groups excluding carboxylic acids is 3. The van der Waals surface area contributed by atoms with Crippen molar-refractivity contribution in [2.75, 3.05) is 7.11 Å². The van der Waals surface area contributed by atoms with Crippen molar-refractivity contribution in [3.8, 4) is 17.4 Å². The molecule has 9 nitrogen and oxygen atoms in total. The number of aromatic nitrogens is 1. The van der Waals surface area contributed by atoms with E-state index in [9.17, 15) is 31.9 Å². The lowest BCUT2D eigenvalue weighted by Gasteiger charge is -2.24. The van der Waals surface area contributed by atoms with Crippen molar-refractivity contribution in [1.29, 1.82) is 0 Å². The van der Waals surface area contributed by atoms with E-state index >= 15 is 0 Å². The largest absolute Gasteiger partial charge is 0.497 e. The zero-order valence-corrected chi connectivity index (χ0v) is 21.8. The van der Waals surface area contributed by atoms with E-state index in [-0.39, 0.29) is 40.1 Å². The number of nitrogens with zero attached hydrogens (tertiary/aromatic N) is 1. The SMILES string of the molecule is COc1ccc(C(=O)c2ccc(OCc3ccc(F)cc3Cl)nc2)c(OC(C)(C)C(=O)OOC(=O)C(F)(F)F)c1. The number of alkyl halides is 3. The molecule has 0 aliphatic carbocycles. The van der Waals surface area contributed by atoms with Crippen molar-refractivity contribution in [1.82, 2.24) is 4.98 Å². The van der Waals surface area contributed by atoms with Crippen LogP contribution in [0.1, 0.15) is 35.3 Å². The standard InChI is InChI=1S/C26H20ClF4NO8/c1-25(2,23(34)39-40-24(35)26(29,30)31)38-20-11-17(36-3)7-8-18(20)22(33)14-5-9-21(32-12-14)37-13-15-4-6-16(28)10-19(15)27/h4-12H,13H2,1-3H3. The maximum atomic E-state index is 13.2. The number of halogens is 5. The number of carbonyl (C=O) groups is 3. The quantitative estimate of drug-likeness (QED) is 0.141. The normalized spacial score (nSPS) is 11.4. The second kappa shape index (κ2) is 12.2. The second-order valence-corrected chi connectivity index (χ2v) is 8.86. The number of pyridine rings is 1. The highest BCUT2D eigenvalue weighted by molar-refractivity contribution is 6.31.